The summed E-state index contributed by atoms with van der Waals surface area (Å²) >= 11 is 5.87. The number of carbonyl (C=O) groups excluding carboxylic acids is 1. The van der Waals surface area contributed by atoms with Gasteiger partial charge in [0.05, 0.1) is 7.11 Å². The quantitative estimate of drug-likeness (QED) is 0.334. The Labute approximate surface area is 176 Å². The Morgan fingerprint density at radius 3 is 2.45 bits per heavy atom. The van der Waals surface area contributed by atoms with Crippen LogP contribution in [0.3, 0.4) is 0 Å². The third-order valence-electron chi connectivity index (χ3n) is 4.59. The lowest BCUT2D eigenvalue weighted by Gasteiger charge is -2.13. The third-order valence-corrected chi connectivity index (χ3v) is 4.84. The summed E-state index contributed by atoms with van der Waals surface area (Å²) in [5, 5.41) is 0.606. The molecule has 0 radical (unpaired) electrons. The first kappa shape index (κ1) is 20.7. The van der Waals surface area contributed by atoms with Crippen molar-refractivity contribution in [2.24, 2.45) is 0 Å². The van der Waals surface area contributed by atoms with E-state index in [4.69, 9.17) is 21.1 Å². The molecule has 0 heterocycles. The Hall–Kier alpha value is -3.04. The zero-order valence-electron chi connectivity index (χ0n) is 16.7. The molecule has 0 saturated heterocycles. The molecule has 0 N–H and O–H groups in total. The molecule has 0 spiro atoms. The van der Waals surface area contributed by atoms with Crippen LogP contribution in [0.4, 0.5) is 0 Å². The lowest BCUT2D eigenvalue weighted by molar-refractivity contribution is 0.104. The maximum atomic E-state index is 12.3. The monoisotopic (exact) mass is 406 g/mol. The summed E-state index contributed by atoms with van der Waals surface area (Å²) in [6, 6.07) is 18.7. The van der Waals surface area contributed by atoms with E-state index in [9.17, 15) is 4.79 Å². The number of hydrogen-bond acceptors (Lipinski definition) is 3. The molecule has 0 atom stereocenters. The van der Waals surface area contributed by atoms with Crippen molar-refractivity contribution in [2.45, 2.75) is 20.5 Å². The molecule has 0 aliphatic heterocycles. The number of allylic oxidation sites excluding steroid dienone is 1. The van der Waals surface area contributed by atoms with E-state index < -0.39 is 0 Å². The van der Waals surface area contributed by atoms with Crippen LogP contribution in [0.1, 0.15) is 32.6 Å². The van der Waals surface area contributed by atoms with Gasteiger partial charge in [0.15, 0.2) is 5.78 Å². The fourth-order valence-electron chi connectivity index (χ4n) is 2.92. The van der Waals surface area contributed by atoms with Gasteiger partial charge in [0, 0.05) is 16.1 Å². The maximum absolute atomic E-state index is 12.3. The predicted molar refractivity (Wildman–Crippen MR) is 118 cm³/mol. The second-order valence-corrected chi connectivity index (χ2v) is 7.27. The molecule has 0 aliphatic rings. The van der Waals surface area contributed by atoms with Crippen LogP contribution in [0.5, 0.6) is 11.5 Å². The Kier molecular flexibility index (Phi) is 6.73. The molecule has 4 heteroatoms. The van der Waals surface area contributed by atoms with Gasteiger partial charge in [-0.15, -0.1) is 0 Å². The molecule has 3 nitrogen and oxygen atoms in total. The van der Waals surface area contributed by atoms with Gasteiger partial charge >= 0.3 is 0 Å². The average Bonchev–Trinajstić information content (AvgIpc) is 2.73. The van der Waals surface area contributed by atoms with Gasteiger partial charge in [0.25, 0.3) is 0 Å². The van der Waals surface area contributed by atoms with Gasteiger partial charge in [-0.3, -0.25) is 4.79 Å². The smallest absolute Gasteiger partial charge is 0.185 e. The Balaban J connectivity index is 1.76. The molecule has 0 aromatic heterocycles. The van der Waals surface area contributed by atoms with E-state index in [1.165, 1.54) is 0 Å². The van der Waals surface area contributed by atoms with Crippen molar-refractivity contribution in [1.82, 2.24) is 0 Å². The number of aryl methyl sites for hydroxylation is 2. The molecule has 0 aliphatic carbocycles. The van der Waals surface area contributed by atoms with Crippen LogP contribution in [-0.4, -0.2) is 12.9 Å². The Morgan fingerprint density at radius 2 is 1.72 bits per heavy atom. The zero-order chi connectivity index (χ0) is 20.8. The van der Waals surface area contributed by atoms with Crippen molar-refractivity contribution in [3.8, 4) is 11.5 Å². The number of benzene rings is 3. The molecule has 0 bridgehead atoms. The molecule has 0 fully saturated rings. The lowest BCUT2D eigenvalue weighted by atomic mass is 10.1. The number of ether oxygens (including phenoxy) is 2. The molecule has 3 rings (SSSR count). The first-order chi connectivity index (χ1) is 14.0. The fraction of sp³-hybridized carbons (Fsp3) is 0.160. The van der Waals surface area contributed by atoms with Crippen LogP contribution in [-0.2, 0) is 6.61 Å². The molecule has 0 amide bonds. The van der Waals surface area contributed by atoms with Crippen LogP contribution in [0.2, 0.25) is 5.02 Å². The maximum Gasteiger partial charge on any atom is 0.185 e. The highest BCUT2D eigenvalue weighted by molar-refractivity contribution is 6.30. The largest absolute Gasteiger partial charge is 0.496 e. The van der Waals surface area contributed by atoms with Crippen molar-refractivity contribution < 1.29 is 14.3 Å². The summed E-state index contributed by atoms with van der Waals surface area (Å²) in [6.45, 7) is 4.43. The van der Waals surface area contributed by atoms with E-state index in [0.29, 0.717) is 17.2 Å². The van der Waals surface area contributed by atoms with Gasteiger partial charge in [-0.2, -0.15) is 0 Å². The molecule has 148 valence electrons. The molecule has 0 unspecified atom stereocenters. The molecular weight excluding hydrogens is 384 g/mol. The summed E-state index contributed by atoms with van der Waals surface area (Å²) < 4.78 is 11.5. The second kappa shape index (κ2) is 9.44. The standard InChI is InChI=1S/C25H23ClO3/c1-17-4-5-18(2)25(14-17)29-16-21-15-19(7-13-24(21)28-3)6-12-23(27)20-8-10-22(26)11-9-20/h4-15H,16H2,1-3H3/b12-6+. The minimum Gasteiger partial charge on any atom is -0.496 e. The Bertz CT molecular complexity index is 1040. The average molecular weight is 407 g/mol. The second-order valence-electron chi connectivity index (χ2n) is 6.83. The first-order valence-electron chi connectivity index (χ1n) is 9.31. The minimum atomic E-state index is -0.0781. The summed E-state index contributed by atoms with van der Waals surface area (Å²) in [4.78, 5) is 12.3. The highest BCUT2D eigenvalue weighted by Gasteiger charge is 2.07. The number of hydrogen-bond donors (Lipinski definition) is 0. The van der Waals surface area contributed by atoms with Crippen molar-refractivity contribution in [2.75, 3.05) is 7.11 Å². The Morgan fingerprint density at radius 1 is 0.966 bits per heavy atom. The van der Waals surface area contributed by atoms with Crippen LogP contribution >= 0.6 is 11.6 Å². The van der Waals surface area contributed by atoms with E-state index >= 15 is 0 Å². The van der Waals surface area contributed by atoms with E-state index in [2.05, 4.69) is 6.07 Å². The SMILES string of the molecule is COc1ccc(/C=C/C(=O)c2ccc(Cl)cc2)cc1COc1cc(C)ccc1C. The van der Waals surface area contributed by atoms with Gasteiger partial charge in [-0.1, -0.05) is 35.9 Å². The van der Waals surface area contributed by atoms with E-state index in [0.717, 1.165) is 33.8 Å². The lowest BCUT2D eigenvalue weighted by Crippen LogP contribution is -2.01. The number of methoxy groups -OCH3 is 1. The summed E-state index contributed by atoms with van der Waals surface area (Å²) in [5.74, 6) is 1.52. The van der Waals surface area contributed by atoms with Crippen LogP contribution < -0.4 is 9.47 Å². The number of carbonyl (C=O) groups is 1. The van der Waals surface area contributed by atoms with E-state index in [1.54, 1.807) is 43.5 Å². The van der Waals surface area contributed by atoms with Crippen LogP contribution in [0.15, 0.2) is 66.7 Å². The van der Waals surface area contributed by atoms with Crippen LogP contribution in [0, 0.1) is 13.8 Å². The zero-order valence-corrected chi connectivity index (χ0v) is 17.5. The van der Waals surface area contributed by atoms with Gasteiger partial charge in [-0.05, 0) is 79.1 Å². The van der Waals surface area contributed by atoms with E-state index in [-0.39, 0.29) is 5.78 Å². The van der Waals surface area contributed by atoms with Gasteiger partial charge in [0.1, 0.15) is 18.1 Å². The first-order valence-corrected chi connectivity index (χ1v) is 9.69. The fourth-order valence-corrected chi connectivity index (χ4v) is 3.04. The summed E-state index contributed by atoms with van der Waals surface area (Å²) in [5.41, 5.74) is 4.63. The summed E-state index contributed by atoms with van der Waals surface area (Å²) in [6.07, 6.45) is 3.35. The summed E-state index contributed by atoms with van der Waals surface area (Å²) in [7, 11) is 1.64. The third kappa shape index (κ3) is 5.49. The highest BCUT2D eigenvalue weighted by Crippen LogP contribution is 2.25. The van der Waals surface area contributed by atoms with Crippen molar-refractivity contribution in [1.29, 1.82) is 0 Å². The molecule has 29 heavy (non-hydrogen) atoms. The van der Waals surface area contributed by atoms with Crippen molar-refractivity contribution in [3.05, 3.63) is 99.6 Å². The predicted octanol–water partition coefficient (Wildman–Crippen LogP) is 6.44. The van der Waals surface area contributed by atoms with Crippen molar-refractivity contribution >= 4 is 23.5 Å². The van der Waals surface area contributed by atoms with Gasteiger partial charge in [-0.25, -0.2) is 0 Å². The molecule has 3 aromatic rings. The van der Waals surface area contributed by atoms with E-state index in [1.807, 2.05) is 44.2 Å². The van der Waals surface area contributed by atoms with Crippen LogP contribution in [0.25, 0.3) is 6.08 Å². The number of rotatable bonds is 7. The van der Waals surface area contributed by atoms with Gasteiger partial charge < -0.3 is 9.47 Å². The topological polar surface area (TPSA) is 35.5 Å². The normalized spacial score (nSPS) is 10.9. The van der Waals surface area contributed by atoms with Gasteiger partial charge in [0.2, 0.25) is 0 Å². The van der Waals surface area contributed by atoms with Crippen molar-refractivity contribution in [3.63, 3.8) is 0 Å². The number of ketones is 1. The molecular formula is C25H23ClO3. The minimum absolute atomic E-state index is 0.0781. The molecule has 3 aromatic carbocycles. The highest BCUT2D eigenvalue weighted by atomic mass is 35.5. The molecule has 0 saturated carbocycles. The number of halogens is 1.